The fraction of sp³-hybridized carbons (Fsp3) is 0.250. The Kier molecular flexibility index (Phi) is 3.65. The van der Waals surface area contributed by atoms with Crippen molar-refractivity contribution in [3.8, 4) is 0 Å². The Morgan fingerprint density at radius 3 is 2.10 bits per heavy atom. The summed E-state index contributed by atoms with van der Waals surface area (Å²) in [6, 6.07) is 0. The van der Waals surface area contributed by atoms with Gasteiger partial charge in [-0.3, -0.25) is 0 Å². The molecule has 0 heterocycles. The van der Waals surface area contributed by atoms with Crippen LogP contribution in [0.15, 0.2) is 24.6 Å². The molecule has 0 aliphatic heterocycles. The monoisotopic (exact) mass is 138 g/mol. The lowest BCUT2D eigenvalue weighted by Crippen LogP contribution is -2.27. The van der Waals surface area contributed by atoms with Gasteiger partial charge in [-0.25, -0.2) is 0 Å². The molecule has 2 heteroatoms. The molecule has 2 nitrogen and oxygen atoms in total. The highest BCUT2D eigenvalue weighted by Crippen LogP contribution is 2.05. The van der Waals surface area contributed by atoms with Crippen molar-refractivity contribution < 1.29 is 5.11 Å². The molecule has 10 heavy (non-hydrogen) atoms. The Hall–Kier alpha value is -0.890. The minimum absolute atomic E-state index is 0.191. The van der Waals surface area contributed by atoms with Gasteiger partial charge in [0.1, 0.15) is 0 Å². The van der Waals surface area contributed by atoms with Gasteiger partial charge in [-0.05, 0) is 6.92 Å². The lowest BCUT2D eigenvalue weighted by molar-refractivity contribution is -0.367. The largest absolute Gasteiger partial charge is 0.853 e. The van der Waals surface area contributed by atoms with E-state index >= 15 is 0 Å². The third-order valence-corrected chi connectivity index (χ3v) is 1.08. The molecule has 0 aliphatic carbocycles. The van der Waals surface area contributed by atoms with E-state index in [4.69, 9.17) is 0 Å². The van der Waals surface area contributed by atoms with Crippen LogP contribution in [0.5, 0.6) is 0 Å². The summed E-state index contributed by atoms with van der Waals surface area (Å²) in [5.41, 5.74) is 1.13. The highest BCUT2D eigenvalue weighted by Gasteiger charge is 2.05. The summed E-state index contributed by atoms with van der Waals surface area (Å²) in [7, 11) is 0. The van der Waals surface area contributed by atoms with Crippen LogP contribution in [0.4, 0.5) is 0 Å². The molecule has 0 saturated carbocycles. The maximum atomic E-state index is 10.2. The first-order valence-electron chi connectivity index (χ1n) is 2.97. The number of hydrogen-bond donors (Lipinski definition) is 0. The van der Waals surface area contributed by atoms with Crippen molar-refractivity contribution in [2.45, 2.75) is 0 Å². The van der Waals surface area contributed by atoms with E-state index in [-0.39, 0.29) is 6.61 Å². The van der Waals surface area contributed by atoms with Crippen LogP contribution in [0.1, 0.15) is 0 Å². The standard InChI is InChI=1S/C8H12NO/c1-7(2)9(5-6-10)8(3)4/h1-6H2. The first-order chi connectivity index (χ1) is 4.59. The molecule has 0 rings (SSSR count). The molecule has 0 aliphatic rings. The van der Waals surface area contributed by atoms with Crippen molar-refractivity contribution in [2.24, 2.45) is 0 Å². The molecule has 0 bridgehead atoms. The molecule has 55 valence electrons. The molecule has 0 fully saturated rings. The summed E-state index contributed by atoms with van der Waals surface area (Å²) in [5.74, 6) is 0. The van der Waals surface area contributed by atoms with Gasteiger partial charge in [0.2, 0.25) is 0 Å². The fourth-order valence-corrected chi connectivity index (χ4v) is 0.631. The summed E-state index contributed by atoms with van der Waals surface area (Å²) >= 11 is 0. The van der Waals surface area contributed by atoms with Gasteiger partial charge in [-0.1, -0.05) is 6.58 Å². The van der Waals surface area contributed by atoms with Crippen LogP contribution < -0.4 is 5.11 Å². The van der Waals surface area contributed by atoms with E-state index in [9.17, 15) is 5.11 Å². The topological polar surface area (TPSA) is 26.3 Å². The lowest BCUT2D eigenvalue weighted by atomic mass is 10.4. The second kappa shape index (κ2) is 4.01. The highest BCUT2D eigenvalue weighted by molar-refractivity contribution is 5.10. The van der Waals surface area contributed by atoms with E-state index in [1.807, 2.05) is 0 Å². The SMILES string of the molecule is [CH2]C(=C)N(CC[O-])C(=C)[CH2+]. The lowest BCUT2D eigenvalue weighted by Gasteiger charge is -2.21. The van der Waals surface area contributed by atoms with Gasteiger partial charge in [-0.15, -0.1) is 6.61 Å². The van der Waals surface area contributed by atoms with Crippen molar-refractivity contribution in [1.29, 1.82) is 0 Å². The summed E-state index contributed by atoms with van der Waals surface area (Å²) in [6.45, 7) is 14.4. The third kappa shape index (κ3) is 2.60. The van der Waals surface area contributed by atoms with E-state index in [1.165, 1.54) is 0 Å². The van der Waals surface area contributed by atoms with Crippen molar-refractivity contribution in [3.05, 3.63) is 38.4 Å². The van der Waals surface area contributed by atoms with E-state index in [2.05, 4.69) is 27.0 Å². The summed E-state index contributed by atoms with van der Waals surface area (Å²) in [6.07, 6.45) is 0. The molecule has 0 N–H and O–H groups in total. The molecule has 1 radical (unpaired) electrons. The van der Waals surface area contributed by atoms with Crippen molar-refractivity contribution >= 4 is 0 Å². The average Bonchev–Trinajstić information content (AvgIpc) is 1.81. The Bertz CT molecular complexity index is 126. The molecule has 0 amide bonds. The molecule has 0 saturated heterocycles. The zero-order chi connectivity index (χ0) is 8.15. The predicted octanol–water partition coefficient (Wildman–Crippen LogP) is 0.344. The van der Waals surface area contributed by atoms with Crippen LogP contribution in [0.2, 0.25) is 0 Å². The molecule has 0 aromatic heterocycles. The van der Waals surface area contributed by atoms with Crippen LogP contribution >= 0.6 is 0 Å². The van der Waals surface area contributed by atoms with Gasteiger partial charge in [-0.2, -0.15) is 0 Å². The Morgan fingerprint density at radius 1 is 1.50 bits per heavy atom. The van der Waals surface area contributed by atoms with Crippen LogP contribution in [-0.4, -0.2) is 18.1 Å². The minimum atomic E-state index is -0.191. The average molecular weight is 138 g/mol. The first-order valence-corrected chi connectivity index (χ1v) is 2.97. The fourth-order valence-electron chi connectivity index (χ4n) is 0.631. The minimum Gasteiger partial charge on any atom is -0.853 e. The van der Waals surface area contributed by atoms with E-state index in [1.54, 1.807) is 4.90 Å². The van der Waals surface area contributed by atoms with Crippen molar-refractivity contribution in [3.63, 3.8) is 0 Å². The Labute approximate surface area is 62.5 Å². The van der Waals surface area contributed by atoms with Crippen LogP contribution in [0.3, 0.4) is 0 Å². The zero-order valence-corrected chi connectivity index (χ0v) is 6.10. The second-order valence-corrected chi connectivity index (χ2v) is 1.99. The van der Waals surface area contributed by atoms with Gasteiger partial charge >= 0.3 is 0 Å². The molecule has 0 atom stereocenters. The van der Waals surface area contributed by atoms with Gasteiger partial charge in [0, 0.05) is 12.2 Å². The van der Waals surface area contributed by atoms with E-state index in [0.717, 1.165) is 0 Å². The molecular formula is C8H12NO. The van der Waals surface area contributed by atoms with Gasteiger partial charge < -0.3 is 10.0 Å². The number of hydrogen-bond acceptors (Lipinski definition) is 2. The van der Waals surface area contributed by atoms with Crippen LogP contribution in [0, 0.1) is 13.8 Å². The summed E-state index contributed by atoms with van der Waals surface area (Å²) in [4.78, 5) is 1.59. The zero-order valence-electron chi connectivity index (χ0n) is 6.10. The van der Waals surface area contributed by atoms with E-state index in [0.29, 0.717) is 17.9 Å². The number of rotatable bonds is 4. The molecule has 0 aromatic carbocycles. The van der Waals surface area contributed by atoms with Crippen LogP contribution in [0.25, 0.3) is 0 Å². The normalized spacial score (nSPS) is 9.00. The molecule has 0 spiro atoms. The smallest absolute Gasteiger partial charge is 0.190 e. The molecular weight excluding hydrogens is 126 g/mol. The van der Waals surface area contributed by atoms with Crippen LogP contribution in [-0.2, 0) is 0 Å². The quantitative estimate of drug-likeness (QED) is 0.524. The van der Waals surface area contributed by atoms with Gasteiger partial charge in [0.15, 0.2) is 5.70 Å². The number of nitrogens with zero attached hydrogens (tertiary/aromatic N) is 1. The van der Waals surface area contributed by atoms with Gasteiger partial charge in [0.05, 0.1) is 13.5 Å². The Balaban J connectivity index is 3.98. The number of allylic oxidation sites excluding steroid dienone is 2. The maximum absolute atomic E-state index is 10.2. The summed E-state index contributed by atoms with van der Waals surface area (Å²) < 4.78 is 0. The molecule has 0 aromatic rings. The maximum Gasteiger partial charge on any atom is 0.190 e. The highest BCUT2D eigenvalue weighted by atomic mass is 16.3. The Morgan fingerprint density at radius 2 is 2.00 bits per heavy atom. The van der Waals surface area contributed by atoms with Gasteiger partial charge in [0.25, 0.3) is 0 Å². The third-order valence-electron chi connectivity index (χ3n) is 1.08. The molecule has 0 unspecified atom stereocenters. The second-order valence-electron chi connectivity index (χ2n) is 1.99. The summed E-state index contributed by atoms with van der Waals surface area (Å²) in [5, 5.41) is 10.2. The first kappa shape index (κ1) is 9.11. The van der Waals surface area contributed by atoms with Crippen molar-refractivity contribution in [2.75, 3.05) is 13.2 Å². The van der Waals surface area contributed by atoms with E-state index < -0.39 is 0 Å². The predicted molar refractivity (Wildman–Crippen MR) is 40.6 cm³/mol. The van der Waals surface area contributed by atoms with Crippen molar-refractivity contribution in [1.82, 2.24) is 4.90 Å².